The zero-order valence-corrected chi connectivity index (χ0v) is 15.4. The van der Waals surface area contributed by atoms with Gasteiger partial charge in [0.1, 0.15) is 12.4 Å². The summed E-state index contributed by atoms with van der Waals surface area (Å²) in [5, 5.41) is 10.3. The largest absolute Gasteiger partial charge is 0.375 e. The topological polar surface area (TPSA) is 97.0 Å². The molecule has 27 heavy (non-hydrogen) atoms. The average Bonchev–Trinajstić information content (AvgIpc) is 3.04. The maximum absolute atomic E-state index is 12.4. The summed E-state index contributed by atoms with van der Waals surface area (Å²) in [4.78, 5) is 28.4. The lowest BCUT2D eigenvalue weighted by Crippen LogP contribution is -2.17. The number of nitrogens with zero attached hydrogens (tertiary/aromatic N) is 2. The van der Waals surface area contributed by atoms with Gasteiger partial charge in [-0.15, -0.1) is 0 Å². The van der Waals surface area contributed by atoms with Crippen molar-refractivity contribution < 1.29 is 14.3 Å². The predicted octanol–water partition coefficient (Wildman–Crippen LogP) is 2.85. The maximum atomic E-state index is 12.4. The fraction of sp³-hybridized carbons (Fsp3) is 0.300. The van der Waals surface area contributed by atoms with Crippen LogP contribution in [0.5, 0.6) is 0 Å². The minimum atomic E-state index is -0.292. The van der Waals surface area contributed by atoms with Crippen LogP contribution in [0.3, 0.4) is 0 Å². The number of carbonyl (C=O) groups excluding carboxylic acids is 2. The van der Waals surface area contributed by atoms with E-state index in [1.165, 1.54) is 7.11 Å². The van der Waals surface area contributed by atoms with Crippen LogP contribution in [-0.4, -0.2) is 40.6 Å². The molecule has 2 heterocycles. The Morgan fingerprint density at radius 2 is 2.04 bits per heavy atom. The molecule has 2 aromatic heterocycles. The zero-order valence-electron chi connectivity index (χ0n) is 15.4. The Morgan fingerprint density at radius 1 is 1.26 bits per heavy atom. The van der Waals surface area contributed by atoms with Crippen LogP contribution in [0.1, 0.15) is 30.5 Å². The molecule has 2 N–H and O–H groups in total. The third kappa shape index (κ3) is 4.77. The number of aromatic nitrogens is 3. The second-order valence-electron chi connectivity index (χ2n) is 6.51. The molecule has 0 saturated heterocycles. The van der Waals surface area contributed by atoms with Crippen LogP contribution in [0.15, 0.2) is 42.6 Å². The highest BCUT2D eigenvalue weighted by molar-refractivity contribution is 5.99. The van der Waals surface area contributed by atoms with Gasteiger partial charge in [-0.3, -0.25) is 19.7 Å². The number of aromatic amines is 1. The Kier molecular flexibility index (Phi) is 5.93. The molecule has 3 aromatic rings. The van der Waals surface area contributed by atoms with E-state index in [0.29, 0.717) is 23.3 Å². The molecule has 1 atom stereocenters. The normalized spacial score (nSPS) is 12.1. The van der Waals surface area contributed by atoms with Crippen LogP contribution < -0.4 is 5.32 Å². The number of hydrogen-bond acceptors (Lipinski definition) is 5. The number of H-pyrrole nitrogens is 1. The van der Waals surface area contributed by atoms with Gasteiger partial charge in [0.25, 0.3) is 5.91 Å². The Labute approximate surface area is 157 Å². The second-order valence-corrected chi connectivity index (χ2v) is 6.51. The lowest BCUT2D eigenvalue weighted by Gasteiger charge is -2.10. The lowest BCUT2D eigenvalue weighted by atomic mass is 9.94. The summed E-state index contributed by atoms with van der Waals surface area (Å²) in [6.07, 6.45) is 2.34. The number of nitrogens with one attached hydrogen (secondary N) is 2. The summed E-state index contributed by atoms with van der Waals surface area (Å²) in [6, 6.07) is 11.8. The fourth-order valence-corrected chi connectivity index (χ4v) is 2.96. The van der Waals surface area contributed by atoms with E-state index in [4.69, 9.17) is 4.74 Å². The van der Waals surface area contributed by atoms with E-state index in [9.17, 15) is 9.59 Å². The molecule has 0 spiro atoms. The van der Waals surface area contributed by atoms with Crippen molar-refractivity contribution >= 4 is 28.4 Å². The van der Waals surface area contributed by atoms with Gasteiger partial charge < -0.3 is 10.1 Å². The van der Waals surface area contributed by atoms with E-state index < -0.39 is 0 Å². The lowest BCUT2D eigenvalue weighted by molar-refractivity contribution is -0.120. The summed E-state index contributed by atoms with van der Waals surface area (Å²) < 4.78 is 4.79. The number of anilines is 1. The number of ketones is 1. The van der Waals surface area contributed by atoms with Crippen molar-refractivity contribution in [2.24, 2.45) is 0 Å². The van der Waals surface area contributed by atoms with Gasteiger partial charge in [-0.25, -0.2) is 0 Å². The summed E-state index contributed by atoms with van der Waals surface area (Å²) in [5.41, 5.74) is 2.54. The van der Waals surface area contributed by atoms with Gasteiger partial charge in [-0.1, -0.05) is 37.3 Å². The quantitative estimate of drug-likeness (QED) is 0.639. The van der Waals surface area contributed by atoms with Gasteiger partial charge in [0.15, 0.2) is 5.82 Å². The number of carbonyl (C=O) groups is 2. The predicted molar refractivity (Wildman–Crippen MR) is 103 cm³/mol. The van der Waals surface area contributed by atoms with Crippen molar-refractivity contribution in [3.05, 3.63) is 53.9 Å². The summed E-state index contributed by atoms with van der Waals surface area (Å²) >= 11 is 0. The molecule has 7 nitrogen and oxygen atoms in total. The third-order valence-electron chi connectivity index (χ3n) is 4.32. The SMILES string of the molecule is COCC(=O)Nc1n[nH]c2cc(CC(=O)C[C@H](C)c3ccccc3)ncc12. The minimum Gasteiger partial charge on any atom is -0.375 e. The van der Waals surface area contributed by atoms with Crippen molar-refractivity contribution in [1.29, 1.82) is 0 Å². The average molecular weight is 366 g/mol. The monoisotopic (exact) mass is 366 g/mol. The first-order valence-corrected chi connectivity index (χ1v) is 8.75. The number of benzene rings is 1. The highest BCUT2D eigenvalue weighted by atomic mass is 16.5. The number of fused-ring (bicyclic) bond motifs is 1. The molecular weight excluding hydrogens is 344 g/mol. The highest BCUT2D eigenvalue weighted by Gasteiger charge is 2.14. The molecule has 0 aliphatic rings. The van der Waals surface area contributed by atoms with E-state index in [-0.39, 0.29) is 30.6 Å². The number of methoxy groups -OCH3 is 1. The number of amides is 1. The summed E-state index contributed by atoms with van der Waals surface area (Å²) in [7, 11) is 1.45. The number of pyridine rings is 1. The highest BCUT2D eigenvalue weighted by Crippen LogP contribution is 2.22. The van der Waals surface area contributed by atoms with Crippen molar-refractivity contribution in [1.82, 2.24) is 15.2 Å². The van der Waals surface area contributed by atoms with Gasteiger partial charge >= 0.3 is 0 Å². The first-order valence-electron chi connectivity index (χ1n) is 8.75. The van der Waals surface area contributed by atoms with E-state index in [1.54, 1.807) is 12.3 Å². The van der Waals surface area contributed by atoms with Crippen LogP contribution in [0.25, 0.3) is 10.9 Å². The van der Waals surface area contributed by atoms with Gasteiger partial charge in [0.2, 0.25) is 0 Å². The van der Waals surface area contributed by atoms with E-state index >= 15 is 0 Å². The first-order chi connectivity index (χ1) is 13.1. The molecular formula is C20H22N4O3. The van der Waals surface area contributed by atoms with Gasteiger partial charge in [0, 0.05) is 31.8 Å². The van der Waals surface area contributed by atoms with Crippen molar-refractivity contribution in [3.63, 3.8) is 0 Å². The van der Waals surface area contributed by atoms with E-state index in [1.807, 2.05) is 37.3 Å². The number of Topliss-reactive ketones (excluding diaryl/α,β-unsaturated/α-hetero) is 1. The molecule has 1 amide bonds. The molecule has 1 aromatic carbocycles. The van der Waals surface area contributed by atoms with Gasteiger partial charge in [-0.05, 0) is 17.5 Å². The minimum absolute atomic E-state index is 0.0477. The standard InChI is InChI=1S/C20H22N4O3/c1-13(14-6-4-3-5-7-14)8-16(25)9-15-10-18-17(11-21-15)20(24-23-18)22-19(26)12-27-2/h3-7,10-11,13H,8-9,12H2,1-2H3,(H2,22,23,24,26)/t13-/m0/s1. The van der Waals surface area contributed by atoms with Gasteiger partial charge in [0.05, 0.1) is 10.9 Å². The molecule has 3 rings (SSSR count). The van der Waals surface area contributed by atoms with Crippen LogP contribution in [0.2, 0.25) is 0 Å². The number of ether oxygens (including phenoxy) is 1. The molecule has 0 aliphatic heterocycles. The summed E-state index contributed by atoms with van der Waals surface area (Å²) in [5.74, 6) is 0.402. The molecule has 0 fully saturated rings. The van der Waals surface area contributed by atoms with Crippen molar-refractivity contribution in [2.45, 2.75) is 25.7 Å². The molecule has 0 saturated carbocycles. The van der Waals surface area contributed by atoms with E-state index in [0.717, 1.165) is 11.1 Å². The Balaban J connectivity index is 1.65. The molecule has 7 heteroatoms. The number of rotatable bonds is 8. The Morgan fingerprint density at radius 3 is 2.78 bits per heavy atom. The number of hydrogen-bond donors (Lipinski definition) is 2. The molecule has 0 aliphatic carbocycles. The fourth-order valence-electron chi connectivity index (χ4n) is 2.96. The van der Waals surface area contributed by atoms with Crippen molar-refractivity contribution in [2.75, 3.05) is 19.0 Å². The first kappa shape index (κ1) is 18.7. The molecule has 140 valence electrons. The second kappa shape index (κ2) is 8.55. The van der Waals surface area contributed by atoms with Crippen LogP contribution in [0, 0.1) is 0 Å². The summed E-state index contributed by atoms with van der Waals surface area (Å²) in [6.45, 7) is 2.00. The smallest absolute Gasteiger partial charge is 0.251 e. The van der Waals surface area contributed by atoms with Crippen LogP contribution in [0.4, 0.5) is 5.82 Å². The Hall–Kier alpha value is -3.06. The zero-order chi connectivity index (χ0) is 19.2. The van der Waals surface area contributed by atoms with Crippen LogP contribution in [-0.2, 0) is 20.7 Å². The Bertz CT molecular complexity index is 937. The maximum Gasteiger partial charge on any atom is 0.251 e. The molecule has 0 radical (unpaired) electrons. The van der Waals surface area contributed by atoms with Crippen LogP contribution >= 0.6 is 0 Å². The van der Waals surface area contributed by atoms with Gasteiger partial charge in [-0.2, -0.15) is 5.10 Å². The van der Waals surface area contributed by atoms with Crippen molar-refractivity contribution in [3.8, 4) is 0 Å². The van der Waals surface area contributed by atoms with E-state index in [2.05, 4.69) is 20.5 Å². The molecule has 0 bridgehead atoms. The molecule has 0 unspecified atom stereocenters. The third-order valence-corrected chi connectivity index (χ3v) is 4.32.